The molecule has 2 aromatic rings. The minimum Gasteiger partial charge on any atom is -0.465 e. The Bertz CT molecular complexity index is 1050. The lowest BCUT2D eigenvalue weighted by molar-refractivity contribution is 0.0600. The molecule has 1 fully saturated rings. The van der Waals surface area contributed by atoms with E-state index in [0.29, 0.717) is 25.9 Å². The summed E-state index contributed by atoms with van der Waals surface area (Å²) in [6.07, 6.45) is 0.738. The third-order valence-corrected chi connectivity index (χ3v) is 7.27. The van der Waals surface area contributed by atoms with Gasteiger partial charge in [-0.3, -0.25) is 0 Å². The Balaban J connectivity index is 0.00000341. The van der Waals surface area contributed by atoms with Crippen LogP contribution in [0.1, 0.15) is 28.8 Å². The number of methoxy groups -OCH3 is 1. The van der Waals surface area contributed by atoms with Gasteiger partial charge in [0.25, 0.3) is 0 Å². The third-order valence-electron chi connectivity index (χ3n) is 5.09. The average Bonchev–Trinajstić information content (AvgIpc) is 2.74. The first-order valence-electron chi connectivity index (χ1n) is 9.26. The van der Waals surface area contributed by atoms with Crippen LogP contribution in [0.3, 0.4) is 0 Å². The number of rotatable bonds is 6. The van der Waals surface area contributed by atoms with Gasteiger partial charge in [0.1, 0.15) is 11.6 Å². The highest BCUT2D eigenvalue weighted by Crippen LogP contribution is 2.27. The quantitative estimate of drug-likeness (QED) is 0.616. The van der Waals surface area contributed by atoms with Crippen molar-refractivity contribution in [3.63, 3.8) is 0 Å². The molecular formula is C20H22Cl2F2N2O4S. The third kappa shape index (κ3) is 6.06. The fourth-order valence-corrected chi connectivity index (χ4v) is 4.94. The maximum absolute atomic E-state index is 14.2. The molecule has 0 amide bonds. The van der Waals surface area contributed by atoms with Crippen molar-refractivity contribution in [2.45, 2.75) is 24.6 Å². The van der Waals surface area contributed by atoms with Gasteiger partial charge < -0.3 is 9.64 Å². The van der Waals surface area contributed by atoms with Crippen molar-refractivity contribution in [1.82, 2.24) is 4.72 Å². The summed E-state index contributed by atoms with van der Waals surface area (Å²) >= 11 is 5.82. The number of hydrogen-bond acceptors (Lipinski definition) is 5. The monoisotopic (exact) mass is 494 g/mol. The molecule has 31 heavy (non-hydrogen) atoms. The first-order chi connectivity index (χ1) is 14.2. The second kappa shape index (κ2) is 10.6. The molecule has 2 aromatic carbocycles. The summed E-state index contributed by atoms with van der Waals surface area (Å²) in [6, 6.07) is 8.15. The van der Waals surface area contributed by atoms with Gasteiger partial charge in [0.05, 0.1) is 22.9 Å². The Morgan fingerprint density at radius 2 is 1.84 bits per heavy atom. The number of halogens is 4. The van der Waals surface area contributed by atoms with E-state index in [1.54, 1.807) is 6.07 Å². The van der Waals surface area contributed by atoms with Crippen LogP contribution in [-0.4, -0.2) is 39.8 Å². The number of nitrogens with one attached hydrogen (secondary N) is 1. The van der Waals surface area contributed by atoms with Crippen molar-refractivity contribution in [2.24, 2.45) is 0 Å². The summed E-state index contributed by atoms with van der Waals surface area (Å²) in [7, 11) is -2.48. The van der Waals surface area contributed by atoms with Gasteiger partial charge >= 0.3 is 5.97 Å². The maximum Gasteiger partial charge on any atom is 0.337 e. The lowest BCUT2D eigenvalue weighted by atomic mass is 10.1. The molecule has 11 heteroatoms. The molecule has 0 saturated carbocycles. The number of hydrogen-bond donors (Lipinski definition) is 1. The summed E-state index contributed by atoms with van der Waals surface area (Å²) in [5.41, 5.74) is 0.914. The first-order valence-corrected chi connectivity index (χ1v) is 11.2. The van der Waals surface area contributed by atoms with E-state index in [4.69, 9.17) is 11.6 Å². The Kier molecular flexibility index (Phi) is 8.65. The van der Waals surface area contributed by atoms with Crippen LogP contribution in [0.5, 0.6) is 0 Å². The van der Waals surface area contributed by atoms with Gasteiger partial charge in [0.15, 0.2) is 0 Å². The number of piperidine rings is 1. The molecule has 0 aliphatic carbocycles. The topological polar surface area (TPSA) is 75.7 Å². The van der Waals surface area contributed by atoms with Gasteiger partial charge in [-0.2, -0.15) is 0 Å². The van der Waals surface area contributed by atoms with Crippen molar-refractivity contribution < 1.29 is 26.7 Å². The highest BCUT2D eigenvalue weighted by Gasteiger charge is 2.30. The maximum atomic E-state index is 14.2. The number of benzene rings is 2. The zero-order chi connectivity index (χ0) is 21.9. The Labute approximate surface area is 191 Å². The zero-order valence-electron chi connectivity index (χ0n) is 16.6. The van der Waals surface area contributed by atoms with E-state index >= 15 is 0 Å². The largest absolute Gasteiger partial charge is 0.465 e. The summed E-state index contributed by atoms with van der Waals surface area (Å²) in [4.78, 5) is 13.4. The highest BCUT2D eigenvalue weighted by molar-refractivity contribution is 7.90. The molecule has 1 saturated heterocycles. The fraction of sp³-hybridized carbons (Fsp3) is 0.350. The number of ether oxygens (including phenoxy) is 1. The second-order valence-electron chi connectivity index (χ2n) is 6.95. The fourth-order valence-electron chi connectivity index (χ4n) is 3.34. The van der Waals surface area contributed by atoms with Gasteiger partial charge in [-0.25, -0.2) is 26.7 Å². The minimum atomic E-state index is -3.67. The van der Waals surface area contributed by atoms with Crippen LogP contribution in [0, 0.1) is 11.6 Å². The van der Waals surface area contributed by atoms with Crippen LogP contribution >= 0.6 is 24.0 Å². The van der Waals surface area contributed by atoms with Gasteiger partial charge in [-0.1, -0.05) is 17.7 Å². The molecule has 1 aliphatic heterocycles. The molecule has 1 aliphatic rings. The lowest BCUT2D eigenvalue weighted by Crippen LogP contribution is -2.43. The second-order valence-corrected chi connectivity index (χ2v) is 9.40. The zero-order valence-corrected chi connectivity index (χ0v) is 19.0. The van der Waals surface area contributed by atoms with Crippen molar-refractivity contribution in [2.75, 3.05) is 25.1 Å². The van der Waals surface area contributed by atoms with E-state index in [9.17, 15) is 22.0 Å². The molecule has 1 N–H and O–H groups in total. The molecule has 170 valence electrons. The van der Waals surface area contributed by atoms with Gasteiger partial charge in [0.2, 0.25) is 10.0 Å². The summed E-state index contributed by atoms with van der Waals surface area (Å²) in [6.45, 7) is 0.717. The van der Waals surface area contributed by atoms with E-state index in [2.05, 4.69) is 9.46 Å². The lowest BCUT2D eigenvalue weighted by Gasteiger charge is -2.33. The predicted octanol–water partition coefficient (Wildman–Crippen LogP) is 3.92. The van der Waals surface area contributed by atoms with Crippen LogP contribution in [0.4, 0.5) is 14.5 Å². The number of nitrogens with zero attached hydrogens (tertiary/aromatic N) is 1. The minimum absolute atomic E-state index is 0. The van der Waals surface area contributed by atoms with Gasteiger partial charge in [-0.15, -0.1) is 12.4 Å². The molecule has 0 bridgehead atoms. The number of esters is 1. The van der Waals surface area contributed by atoms with Crippen LogP contribution in [0.15, 0.2) is 36.4 Å². The van der Waals surface area contributed by atoms with Gasteiger partial charge in [-0.05, 0) is 43.2 Å². The molecule has 0 radical (unpaired) electrons. The first kappa shape index (κ1) is 25.3. The van der Waals surface area contributed by atoms with Crippen molar-refractivity contribution in [3.8, 4) is 0 Å². The SMILES string of the molecule is COC(=O)c1ccc(CNS(=O)(=O)C2CCN(c3ccc(F)c(Cl)c3)CC2)c(F)c1.Cl. The molecule has 6 nitrogen and oxygen atoms in total. The Hall–Kier alpha value is -1.94. The number of sulfonamides is 1. The van der Waals surface area contributed by atoms with Crippen LogP contribution in [0.25, 0.3) is 0 Å². The standard InChI is InChI=1S/C20H21ClF2N2O4S.ClH/c1-29-20(26)13-2-3-14(19(23)10-13)12-24-30(27,28)16-6-8-25(9-7-16)15-4-5-18(22)17(21)11-15;/h2-5,10-11,16,24H,6-9,12H2,1H3;1H. The number of carbonyl (C=O) groups is 1. The van der Waals surface area contributed by atoms with Crippen molar-refractivity contribution in [1.29, 1.82) is 0 Å². The number of anilines is 1. The molecular weight excluding hydrogens is 473 g/mol. The number of carbonyl (C=O) groups excluding carboxylic acids is 1. The molecule has 3 rings (SSSR count). The smallest absolute Gasteiger partial charge is 0.337 e. The molecule has 0 aromatic heterocycles. The van der Waals surface area contributed by atoms with Crippen LogP contribution in [-0.2, 0) is 21.3 Å². The van der Waals surface area contributed by atoms with E-state index in [-0.39, 0.29) is 35.1 Å². The highest BCUT2D eigenvalue weighted by atomic mass is 35.5. The van der Waals surface area contributed by atoms with Crippen molar-refractivity contribution in [3.05, 3.63) is 64.2 Å². The molecule has 1 heterocycles. The summed E-state index contributed by atoms with van der Waals surface area (Å²) < 4.78 is 59.8. The normalized spacial score (nSPS) is 14.8. The van der Waals surface area contributed by atoms with E-state index in [1.165, 1.54) is 31.4 Å². The molecule has 0 unspecified atom stereocenters. The Morgan fingerprint density at radius 3 is 2.42 bits per heavy atom. The van der Waals surface area contributed by atoms with E-state index < -0.39 is 32.9 Å². The van der Waals surface area contributed by atoms with Gasteiger partial charge in [0, 0.05) is 30.9 Å². The van der Waals surface area contributed by atoms with Crippen LogP contribution in [0.2, 0.25) is 5.02 Å². The Morgan fingerprint density at radius 1 is 1.16 bits per heavy atom. The predicted molar refractivity (Wildman–Crippen MR) is 117 cm³/mol. The van der Waals surface area contributed by atoms with E-state index in [1.807, 2.05) is 4.90 Å². The van der Waals surface area contributed by atoms with E-state index in [0.717, 1.165) is 11.8 Å². The molecule has 0 atom stereocenters. The van der Waals surface area contributed by atoms with Crippen LogP contribution < -0.4 is 9.62 Å². The summed E-state index contributed by atoms with van der Waals surface area (Å²) in [5, 5.41) is -0.605. The summed E-state index contributed by atoms with van der Waals surface area (Å²) in [5.74, 6) is -1.87. The average molecular weight is 495 g/mol. The van der Waals surface area contributed by atoms with Crippen molar-refractivity contribution >= 4 is 45.7 Å². The molecule has 0 spiro atoms.